The molecule has 0 spiro atoms. The van der Waals surface area contributed by atoms with Crippen LogP contribution in [0.5, 0.6) is 0 Å². The van der Waals surface area contributed by atoms with Crippen molar-refractivity contribution in [1.82, 2.24) is 4.72 Å². The number of ketones is 1. The van der Waals surface area contributed by atoms with Gasteiger partial charge in [-0.3, -0.25) is 9.36 Å². The molecule has 0 bridgehead atoms. The van der Waals surface area contributed by atoms with Gasteiger partial charge in [0.15, 0.2) is 11.1 Å². The maximum absolute atomic E-state index is 14.2. The molecule has 162 valence electrons. The van der Waals surface area contributed by atoms with Crippen LogP contribution in [0.3, 0.4) is 0 Å². The van der Waals surface area contributed by atoms with Crippen molar-refractivity contribution in [2.45, 2.75) is 51.7 Å². The lowest BCUT2D eigenvalue weighted by atomic mass is 9.92. The molecule has 29 heavy (non-hydrogen) atoms. The highest BCUT2D eigenvalue weighted by Gasteiger charge is 2.55. The van der Waals surface area contributed by atoms with Gasteiger partial charge in [-0.15, -0.1) is 0 Å². The van der Waals surface area contributed by atoms with E-state index in [-0.39, 0.29) is 35.9 Å². The Bertz CT molecular complexity index is 884. The highest BCUT2D eigenvalue weighted by Crippen LogP contribution is 2.66. The molecule has 0 aromatic heterocycles. The Morgan fingerprint density at radius 3 is 2.17 bits per heavy atom. The molecule has 0 heterocycles. The van der Waals surface area contributed by atoms with E-state index in [1.54, 1.807) is 24.3 Å². The van der Waals surface area contributed by atoms with Gasteiger partial charge in [-0.2, -0.15) is 4.72 Å². The van der Waals surface area contributed by atoms with E-state index in [0.29, 0.717) is 12.8 Å². The summed E-state index contributed by atoms with van der Waals surface area (Å²) >= 11 is 0. The summed E-state index contributed by atoms with van der Waals surface area (Å²) in [6.45, 7) is 5.73. The topological polar surface area (TPSA) is 98.8 Å². The van der Waals surface area contributed by atoms with E-state index in [1.807, 2.05) is 13.8 Å². The number of fused-ring (bicyclic) bond motifs is 1. The van der Waals surface area contributed by atoms with Crippen molar-refractivity contribution < 1.29 is 26.8 Å². The van der Waals surface area contributed by atoms with Crippen molar-refractivity contribution >= 4 is 23.4 Å². The number of allylic oxidation sites excluding steroid dienone is 1. The molecule has 0 amide bonds. The first-order chi connectivity index (χ1) is 13.8. The predicted octanol–water partition coefficient (Wildman–Crippen LogP) is 4.36. The summed E-state index contributed by atoms with van der Waals surface area (Å²) in [6, 6.07) is 6.52. The van der Waals surface area contributed by atoms with Gasteiger partial charge < -0.3 is 9.05 Å². The second-order valence-corrected chi connectivity index (χ2v) is 11.1. The molecule has 7 nitrogen and oxygen atoms in total. The van der Waals surface area contributed by atoms with Crippen molar-refractivity contribution in [2.24, 2.45) is 0 Å². The van der Waals surface area contributed by atoms with Crippen LogP contribution in [0.15, 0.2) is 36.4 Å². The molecule has 9 heteroatoms. The first-order valence-corrected chi connectivity index (χ1v) is 13.2. The number of hydrogen-bond acceptors (Lipinski definition) is 6. The molecular formula is C20H30NO6PS. The Morgan fingerprint density at radius 1 is 1.03 bits per heavy atom. The Morgan fingerprint density at radius 2 is 1.62 bits per heavy atom. The lowest BCUT2D eigenvalue weighted by Crippen LogP contribution is -2.47. The maximum atomic E-state index is 14.2. The Hall–Kier alpha value is -1.31. The molecule has 1 unspecified atom stereocenters. The summed E-state index contributed by atoms with van der Waals surface area (Å²) in [5, 5.41) is -1.80. The van der Waals surface area contributed by atoms with Crippen molar-refractivity contribution in [3.8, 4) is 0 Å². The van der Waals surface area contributed by atoms with Gasteiger partial charge in [0.05, 0.1) is 19.0 Å². The average molecular weight is 444 g/mol. The second kappa shape index (κ2) is 10.1. The number of unbranched alkanes of at least 4 members (excludes halogenated alkanes) is 2. The number of sulfonamides is 1. The minimum absolute atomic E-state index is 0.152. The quantitative estimate of drug-likeness (QED) is 0.381. The number of carbonyl (C=O) groups excluding carboxylic acids is 1. The van der Waals surface area contributed by atoms with Gasteiger partial charge in [0.2, 0.25) is 10.0 Å². The monoisotopic (exact) mass is 443 g/mol. The molecule has 1 atom stereocenters. The van der Waals surface area contributed by atoms with Gasteiger partial charge in [0.1, 0.15) is 0 Å². The van der Waals surface area contributed by atoms with E-state index in [2.05, 4.69) is 4.72 Å². The maximum Gasteiger partial charge on any atom is 0.360 e. The van der Waals surface area contributed by atoms with Crippen molar-refractivity contribution in [1.29, 1.82) is 0 Å². The first-order valence-electron chi connectivity index (χ1n) is 9.99. The fraction of sp³-hybridized carbons (Fsp3) is 0.550. The van der Waals surface area contributed by atoms with Crippen LogP contribution in [0.2, 0.25) is 0 Å². The number of benzene rings is 1. The number of carbonyl (C=O) groups is 1. The lowest BCUT2D eigenvalue weighted by Gasteiger charge is -2.39. The lowest BCUT2D eigenvalue weighted by molar-refractivity contribution is 0.104. The molecule has 1 aromatic carbocycles. The minimum atomic E-state index is -4.08. The van der Waals surface area contributed by atoms with E-state index in [1.165, 1.54) is 19.1 Å². The molecule has 0 saturated heterocycles. The van der Waals surface area contributed by atoms with E-state index in [4.69, 9.17) is 9.05 Å². The van der Waals surface area contributed by atoms with Crippen molar-refractivity contribution in [3.63, 3.8) is 0 Å². The molecule has 1 N–H and O–H groups in total. The Kier molecular flexibility index (Phi) is 8.37. The Labute approximate surface area is 173 Å². The van der Waals surface area contributed by atoms with Crippen LogP contribution in [0.4, 0.5) is 0 Å². The normalized spacial score (nSPS) is 19.3. The standard InChI is InChI=1S/C20H30NO6PS/c1-4-7-15-26-28(23,27-16-8-5-2)20(21-29(24,25)6-3)14-13-19(22)17-11-9-10-12-18(17)20/h9-14,21H,4-8,15-16H2,1-3H3. The Balaban J connectivity index is 2.68. The van der Waals surface area contributed by atoms with Crippen LogP contribution in [-0.4, -0.2) is 33.2 Å². The second-order valence-electron chi connectivity index (χ2n) is 6.89. The SMILES string of the molecule is CCCCOP(=O)(OCCCC)C1(NS(=O)(=O)CC)C=CC(=O)c2ccccc21. The first kappa shape index (κ1) is 24.0. The van der Waals surface area contributed by atoms with Gasteiger partial charge in [0.25, 0.3) is 0 Å². The fourth-order valence-corrected chi connectivity index (χ4v) is 6.63. The molecule has 2 rings (SSSR count). The molecule has 1 aromatic rings. The van der Waals surface area contributed by atoms with Crippen molar-refractivity contribution in [3.05, 3.63) is 47.5 Å². The summed E-state index contributed by atoms with van der Waals surface area (Å²) in [5.74, 6) is -0.511. The third kappa shape index (κ3) is 5.25. The average Bonchev–Trinajstić information content (AvgIpc) is 2.71. The summed E-state index contributed by atoms with van der Waals surface area (Å²) in [6.07, 6.45) is 5.47. The predicted molar refractivity (Wildman–Crippen MR) is 114 cm³/mol. The minimum Gasteiger partial charge on any atom is -0.307 e. The highest BCUT2D eigenvalue weighted by molar-refractivity contribution is 7.89. The van der Waals surface area contributed by atoms with Crippen LogP contribution < -0.4 is 4.72 Å². The van der Waals surface area contributed by atoms with E-state index >= 15 is 0 Å². The molecule has 0 fully saturated rings. The number of hydrogen-bond donors (Lipinski definition) is 1. The van der Waals surface area contributed by atoms with Gasteiger partial charge >= 0.3 is 7.60 Å². The molecule has 0 saturated carbocycles. The molecule has 1 aliphatic carbocycles. The third-order valence-electron chi connectivity index (χ3n) is 4.72. The number of nitrogens with one attached hydrogen (secondary N) is 1. The molecule has 0 aliphatic heterocycles. The molecular weight excluding hydrogens is 413 g/mol. The van der Waals surface area contributed by atoms with Gasteiger partial charge in [0, 0.05) is 11.1 Å². The van der Waals surface area contributed by atoms with Crippen LogP contribution in [0, 0.1) is 0 Å². The zero-order valence-corrected chi connectivity index (χ0v) is 18.9. The summed E-state index contributed by atoms with van der Waals surface area (Å²) in [7, 11) is -7.91. The van der Waals surface area contributed by atoms with Crippen LogP contribution in [0.25, 0.3) is 0 Å². The van der Waals surface area contributed by atoms with E-state index in [0.717, 1.165) is 12.8 Å². The molecule has 1 aliphatic rings. The van der Waals surface area contributed by atoms with Crippen LogP contribution in [-0.2, 0) is 28.9 Å². The summed E-state index contributed by atoms with van der Waals surface area (Å²) in [5.41, 5.74) is 0.549. The fourth-order valence-electron chi connectivity index (χ4n) is 3.00. The zero-order chi connectivity index (χ0) is 21.5. The summed E-state index contributed by atoms with van der Waals surface area (Å²) in [4.78, 5) is 12.4. The summed E-state index contributed by atoms with van der Waals surface area (Å²) < 4.78 is 53.5. The number of rotatable bonds is 12. The third-order valence-corrected chi connectivity index (χ3v) is 8.68. The van der Waals surface area contributed by atoms with E-state index in [9.17, 15) is 17.8 Å². The van der Waals surface area contributed by atoms with Crippen LogP contribution >= 0.6 is 7.60 Å². The smallest absolute Gasteiger partial charge is 0.307 e. The largest absolute Gasteiger partial charge is 0.360 e. The van der Waals surface area contributed by atoms with Gasteiger partial charge in [-0.25, -0.2) is 8.42 Å². The highest BCUT2D eigenvalue weighted by atomic mass is 32.2. The van der Waals surface area contributed by atoms with Gasteiger partial charge in [-0.1, -0.05) is 51.0 Å². The zero-order valence-electron chi connectivity index (χ0n) is 17.2. The van der Waals surface area contributed by atoms with Crippen LogP contribution in [0.1, 0.15) is 62.4 Å². The molecule has 0 radical (unpaired) electrons. The van der Waals surface area contributed by atoms with Gasteiger partial charge in [-0.05, 0) is 31.9 Å². The van der Waals surface area contributed by atoms with E-state index < -0.39 is 22.9 Å². The van der Waals surface area contributed by atoms with Crippen molar-refractivity contribution in [2.75, 3.05) is 19.0 Å².